The fourth-order valence-corrected chi connectivity index (χ4v) is 2.75. The summed E-state index contributed by atoms with van der Waals surface area (Å²) in [5, 5.41) is 2.97. The van der Waals surface area contributed by atoms with Crippen molar-refractivity contribution in [2.24, 2.45) is 0 Å². The number of anilines is 4. The molecule has 1 aliphatic rings. The molecule has 6 nitrogen and oxygen atoms in total. The first-order valence-electron chi connectivity index (χ1n) is 7.60. The lowest BCUT2D eigenvalue weighted by molar-refractivity contribution is 0.315. The van der Waals surface area contributed by atoms with E-state index in [1.165, 1.54) is 6.07 Å². The summed E-state index contributed by atoms with van der Waals surface area (Å²) in [5.74, 6) is 1.10. The topological polar surface area (TPSA) is 70.3 Å². The van der Waals surface area contributed by atoms with Crippen molar-refractivity contribution < 1.29 is 4.39 Å². The van der Waals surface area contributed by atoms with Gasteiger partial charge in [0.25, 0.3) is 0 Å². The van der Waals surface area contributed by atoms with Gasteiger partial charge >= 0.3 is 0 Å². The molecule has 0 radical (unpaired) electrons. The maximum absolute atomic E-state index is 13.8. The zero-order valence-corrected chi connectivity index (χ0v) is 13.3. The molecule has 0 aliphatic carbocycles. The second kappa shape index (κ2) is 6.37. The van der Waals surface area contributed by atoms with Gasteiger partial charge in [-0.15, -0.1) is 0 Å². The molecule has 1 aliphatic heterocycles. The first kappa shape index (κ1) is 15.5. The molecule has 3 rings (SSSR count). The number of benzene rings is 1. The smallest absolute Gasteiger partial charge is 0.223 e. The summed E-state index contributed by atoms with van der Waals surface area (Å²) < 4.78 is 13.8. The van der Waals surface area contributed by atoms with Crippen molar-refractivity contribution >= 4 is 23.3 Å². The number of likely N-dealkylation sites (N-methyl/N-ethyl adjacent to an activating group) is 1. The second-order valence-electron chi connectivity index (χ2n) is 5.93. The zero-order chi connectivity index (χ0) is 16.4. The molecule has 1 saturated heterocycles. The number of nitrogens with one attached hydrogen (secondary N) is 1. The molecular weight excluding hydrogens is 295 g/mol. The second-order valence-corrected chi connectivity index (χ2v) is 5.93. The molecule has 2 heterocycles. The van der Waals surface area contributed by atoms with Crippen molar-refractivity contribution in [1.82, 2.24) is 14.9 Å². The summed E-state index contributed by atoms with van der Waals surface area (Å²) >= 11 is 0. The summed E-state index contributed by atoms with van der Waals surface area (Å²) in [6.45, 7) is 1.81. The van der Waals surface area contributed by atoms with Crippen LogP contribution >= 0.6 is 0 Å². The zero-order valence-electron chi connectivity index (χ0n) is 13.3. The van der Waals surface area contributed by atoms with Crippen LogP contribution in [0, 0.1) is 5.82 Å². The largest absolute Gasteiger partial charge is 0.368 e. The van der Waals surface area contributed by atoms with Crippen LogP contribution in [-0.2, 0) is 0 Å². The summed E-state index contributed by atoms with van der Waals surface area (Å²) in [7, 11) is 4.15. The van der Waals surface area contributed by atoms with Gasteiger partial charge in [-0.3, -0.25) is 0 Å². The summed E-state index contributed by atoms with van der Waals surface area (Å²) in [4.78, 5) is 12.8. The number of nitrogen functional groups attached to an aromatic ring is 1. The van der Waals surface area contributed by atoms with Crippen LogP contribution in [0.1, 0.15) is 6.42 Å². The Morgan fingerprint density at radius 3 is 2.78 bits per heavy atom. The number of nitrogens with zero attached hydrogens (tertiary/aromatic N) is 4. The summed E-state index contributed by atoms with van der Waals surface area (Å²) in [5.41, 5.74) is 6.19. The SMILES string of the molecule is CN(C)[C@@H]1CCN(c2cc(Nc3ccccc3F)nc(N)n2)C1. The van der Waals surface area contributed by atoms with E-state index in [0.717, 1.165) is 25.3 Å². The molecule has 1 aromatic heterocycles. The minimum Gasteiger partial charge on any atom is -0.368 e. The van der Waals surface area contributed by atoms with E-state index in [4.69, 9.17) is 5.73 Å². The van der Waals surface area contributed by atoms with E-state index in [1.807, 2.05) is 0 Å². The van der Waals surface area contributed by atoms with Crippen molar-refractivity contribution in [1.29, 1.82) is 0 Å². The van der Waals surface area contributed by atoms with Gasteiger partial charge in [0.2, 0.25) is 5.95 Å². The number of hydrogen-bond donors (Lipinski definition) is 2. The minimum atomic E-state index is -0.333. The molecule has 2 aromatic rings. The maximum Gasteiger partial charge on any atom is 0.223 e. The molecule has 0 spiro atoms. The van der Waals surface area contributed by atoms with E-state index in [-0.39, 0.29) is 11.8 Å². The van der Waals surface area contributed by atoms with Gasteiger partial charge < -0.3 is 20.9 Å². The van der Waals surface area contributed by atoms with Crippen molar-refractivity contribution in [3.05, 3.63) is 36.1 Å². The third kappa shape index (κ3) is 3.50. The van der Waals surface area contributed by atoms with Gasteiger partial charge in [0.15, 0.2) is 0 Å². The molecule has 0 bridgehead atoms. The van der Waals surface area contributed by atoms with Crippen LogP contribution in [-0.4, -0.2) is 48.1 Å². The molecule has 1 aromatic carbocycles. The highest BCUT2D eigenvalue weighted by Gasteiger charge is 2.25. The Morgan fingerprint density at radius 1 is 1.30 bits per heavy atom. The van der Waals surface area contributed by atoms with Gasteiger partial charge in [0, 0.05) is 25.2 Å². The number of rotatable bonds is 4. The highest BCUT2D eigenvalue weighted by Crippen LogP contribution is 2.25. The van der Waals surface area contributed by atoms with Crippen molar-refractivity contribution in [2.75, 3.05) is 43.1 Å². The van der Waals surface area contributed by atoms with Crippen LogP contribution in [0.25, 0.3) is 0 Å². The Kier molecular flexibility index (Phi) is 4.29. The molecule has 0 amide bonds. The molecule has 1 atom stereocenters. The molecular formula is C16H21FN6. The average Bonchev–Trinajstić information content (AvgIpc) is 2.99. The summed E-state index contributed by atoms with van der Waals surface area (Å²) in [6, 6.07) is 8.77. The van der Waals surface area contributed by atoms with Crippen LogP contribution in [0.4, 0.5) is 27.7 Å². The third-order valence-corrected chi connectivity index (χ3v) is 4.08. The summed E-state index contributed by atoms with van der Waals surface area (Å²) in [6.07, 6.45) is 1.08. The van der Waals surface area contributed by atoms with E-state index in [1.54, 1.807) is 24.3 Å². The third-order valence-electron chi connectivity index (χ3n) is 4.08. The number of aromatic nitrogens is 2. The van der Waals surface area contributed by atoms with Crippen LogP contribution in [0.15, 0.2) is 30.3 Å². The normalized spacial score (nSPS) is 17.7. The first-order valence-corrected chi connectivity index (χ1v) is 7.60. The Balaban J connectivity index is 1.81. The molecule has 7 heteroatoms. The van der Waals surface area contributed by atoms with Gasteiger partial charge in [0.1, 0.15) is 17.5 Å². The van der Waals surface area contributed by atoms with Crippen molar-refractivity contribution in [2.45, 2.75) is 12.5 Å². The predicted octanol–water partition coefficient (Wildman–Crippen LogP) is 2.08. The Bertz CT molecular complexity index is 690. The highest BCUT2D eigenvalue weighted by atomic mass is 19.1. The van der Waals surface area contributed by atoms with E-state index in [9.17, 15) is 4.39 Å². The molecule has 0 saturated carbocycles. The number of nitrogens with two attached hydrogens (primary N) is 1. The Morgan fingerprint density at radius 2 is 2.09 bits per heavy atom. The average molecular weight is 316 g/mol. The van der Waals surface area contributed by atoms with E-state index >= 15 is 0 Å². The lowest BCUT2D eigenvalue weighted by Crippen LogP contribution is -2.31. The number of para-hydroxylation sites is 1. The van der Waals surface area contributed by atoms with Gasteiger partial charge in [-0.1, -0.05) is 12.1 Å². The van der Waals surface area contributed by atoms with Crippen LogP contribution in [0.5, 0.6) is 0 Å². The van der Waals surface area contributed by atoms with Crippen LogP contribution in [0.3, 0.4) is 0 Å². The number of hydrogen-bond acceptors (Lipinski definition) is 6. The predicted molar refractivity (Wildman–Crippen MR) is 90.4 cm³/mol. The van der Waals surface area contributed by atoms with E-state index in [0.29, 0.717) is 17.5 Å². The molecule has 122 valence electrons. The maximum atomic E-state index is 13.8. The van der Waals surface area contributed by atoms with Gasteiger partial charge in [-0.05, 0) is 32.6 Å². The fraction of sp³-hybridized carbons (Fsp3) is 0.375. The van der Waals surface area contributed by atoms with E-state index in [2.05, 4.69) is 39.2 Å². The van der Waals surface area contributed by atoms with Gasteiger partial charge in [0.05, 0.1) is 5.69 Å². The van der Waals surface area contributed by atoms with Crippen molar-refractivity contribution in [3.8, 4) is 0 Å². The van der Waals surface area contributed by atoms with Crippen LogP contribution < -0.4 is 16.0 Å². The minimum absolute atomic E-state index is 0.176. The van der Waals surface area contributed by atoms with E-state index < -0.39 is 0 Å². The fourth-order valence-electron chi connectivity index (χ4n) is 2.75. The number of halogens is 1. The lowest BCUT2D eigenvalue weighted by atomic mass is 10.2. The molecule has 23 heavy (non-hydrogen) atoms. The highest BCUT2D eigenvalue weighted by molar-refractivity contribution is 5.61. The van der Waals surface area contributed by atoms with Crippen LogP contribution in [0.2, 0.25) is 0 Å². The standard InChI is InChI=1S/C16H21FN6/c1-22(2)11-7-8-23(10-11)15-9-14(20-16(18)21-15)19-13-6-4-3-5-12(13)17/h3-6,9,11H,7-8,10H2,1-2H3,(H3,18,19,20,21)/t11-/m1/s1. The Hall–Kier alpha value is -2.41. The lowest BCUT2D eigenvalue weighted by Gasteiger charge is -2.21. The molecule has 1 fully saturated rings. The quantitative estimate of drug-likeness (QED) is 0.900. The van der Waals surface area contributed by atoms with Gasteiger partial charge in [-0.2, -0.15) is 9.97 Å². The first-order chi connectivity index (χ1) is 11.0. The molecule has 3 N–H and O–H groups in total. The Labute approximate surface area is 135 Å². The van der Waals surface area contributed by atoms with Crippen molar-refractivity contribution in [3.63, 3.8) is 0 Å². The molecule has 0 unspecified atom stereocenters. The van der Waals surface area contributed by atoms with Gasteiger partial charge in [-0.25, -0.2) is 4.39 Å². The monoisotopic (exact) mass is 316 g/mol.